The van der Waals surface area contributed by atoms with E-state index in [1.165, 1.54) is 16.8 Å². The van der Waals surface area contributed by atoms with Crippen LogP contribution in [0.3, 0.4) is 0 Å². The van der Waals surface area contributed by atoms with Gasteiger partial charge in [-0.1, -0.05) is 62.9 Å². The number of unbranched alkanes of at least 4 members (excludes halogenated alkanes) is 2. The Morgan fingerprint density at radius 1 is 1.00 bits per heavy atom. The van der Waals surface area contributed by atoms with Crippen LogP contribution < -0.4 is 16.4 Å². The largest absolute Gasteiger partial charge is 0.290 e. The van der Waals surface area contributed by atoms with Crippen molar-refractivity contribution >= 4 is 22.6 Å². The summed E-state index contributed by atoms with van der Waals surface area (Å²) in [5.41, 5.74) is 4.81. The third kappa shape index (κ3) is 4.58. The third-order valence-corrected chi connectivity index (χ3v) is 6.63. The van der Waals surface area contributed by atoms with E-state index in [9.17, 15) is 18.8 Å². The smallest absolute Gasteiger partial charge is 0.272 e. The van der Waals surface area contributed by atoms with Gasteiger partial charge in [0.05, 0.1) is 10.8 Å². The second-order valence-electron chi connectivity index (χ2n) is 8.83. The first kappa shape index (κ1) is 23.6. The highest BCUT2D eigenvalue weighted by atomic mass is 19.1. The molecule has 4 rings (SSSR count). The Morgan fingerprint density at radius 3 is 2.35 bits per heavy atom. The van der Waals surface area contributed by atoms with Crippen molar-refractivity contribution in [3.05, 3.63) is 76.0 Å². The summed E-state index contributed by atoms with van der Waals surface area (Å²) >= 11 is 0. The number of fused-ring (bicyclic) bond motifs is 1. The van der Waals surface area contributed by atoms with Crippen molar-refractivity contribution in [2.24, 2.45) is 0 Å². The van der Waals surface area contributed by atoms with Crippen LogP contribution in [0.5, 0.6) is 0 Å². The molecule has 1 saturated carbocycles. The molecule has 1 aliphatic rings. The van der Waals surface area contributed by atoms with Gasteiger partial charge in [0.2, 0.25) is 5.91 Å². The molecular weight excluding hydrogens is 435 g/mol. The fourth-order valence-electron chi connectivity index (χ4n) is 4.75. The molecular formula is C26H29FN4O3. The fraction of sp³-hybridized carbons (Fsp3) is 0.385. The number of carbonyl (C=O) groups is 2. The van der Waals surface area contributed by atoms with Gasteiger partial charge in [-0.25, -0.2) is 9.07 Å². The third-order valence-electron chi connectivity index (χ3n) is 6.63. The summed E-state index contributed by atoms with van der Waals surface area (Å²) in [4.78, 5) is 39.2. The van der Waals surface area contributed by atoms with E-state index in [1.807, 2.05) is 0 Å². The second kappa shape index (κ2) is 10.2. The lowest BCUT2D eigenvalue weighted by molar-refractivity contribution is -0.127. The molecule has 1 aromatic heterocycles. The molecule has 1 heterocycles. The van der Waals surface area contributed by atoms with Crippen molar-refractivity contribution in [2.75, 3.05) is 0 Å². The van der Waals surface area contributed by atoms with Crippen molar-refractivity contribution < 1.29 is 14.0 Å². The lowest BCUT2D eigenvalue weighted by atomic mass is 9.78. The van der Waals surface area contributed by atoms with Crippen molar-refractivity contribution in [1.82, 2.24) is 20.6 Å². The molecule has 0 unspecified atom stereocenters. The maximum atomic E-state index is 13.4. The van der Waals surface area contributed by atoms with Gasteiger partial charge in [-0.3, -0.25) is 25.2 Å². The fourth-order valence-corrected chi connectivity index (χ4v) is 4.75. The first-order valence-corrected chi connectivity index (χ1v) is 11.8. The average Bonchev–Trinajstić information content (AvgIpc) is 3.35. The minimum atomic E-state index is -0.824. The predicted octanol–water partition coefficient (Wildman–Crippen LogP) is 4.00. The van der Waals surface area contributed by atoms with Gasteiger partial charge in [-0.05, 0) is 43.0 Å². The summed E-state index contributed by atoms with van der Waals surface area (Å²) in [5, 5.41) is 5.17. The SMILES string of the molecule is CCCCCn1nc(C(=O)NNC(=O)C2(c3ccc(F)cc3)CCCC2)c2ccccc2c1=O. The van der Waals surface area contributed by atoms with Gasteiger partial charge in [0, 0.05) is 11.9 Å². The summed E-state index contributed by atoms with van der Waals surface area (Å²) in [7, 11) is 0. The Bertz CT molecular complexity index is 1250. The van der Waals surface area contributed by atoms with Crippen LogP contribution in [0.1, 0.15) is 67.9 Å². The Hall–Kier alpha value is -3.55. The van der Waals surface area contributed by atoms with Gasteiger partial charge in [0.25, 0.3) is 11.5 Å². The number of benzene rings is 2. The maximum Gasteiger partial charge on any atom is 0.290 e. The number of hydrogen-bond acceptors (Lipinski definition) is 4. The minimum absolute atomic E-state index is 0.0780. The summed E-state index contributed by atoms with van der Waals surface area (Å²) in [6.45, 7) is 2.49. The van der Waals surface area contributed by atoms with Gasteiger partial charge in [0.15, 0.2) is 5.69 Å². The molecule has 0 radical (unpaired) electrons. The number of carbonyl (C=O) groups excluding carboxylic acids is 2. The van der Waals surface area contributed by atoms with Crippen LogP contribution in [0.2, 0.25) is 0 Å². The molecule has 0 spiro atoms. The zero-order chi connectivity index (χ0) is 24.1. The van der Waals surface area contributed by atoms with Crippen LogP contribution in [0.15, 0.2) is 53.3 Å². The second-order valence-corrected chi connectivity index (χ2v) is 8.83. The van der Waals surface area contributed by atoms with Crippen LogP contribution in [-0.4, -0.2) is 21.6 Å². The number of aromatic nitrogens is 2. The predicted molar refractivity (Wildman–Crippen MR) is 128 cm³/mol. The normalized spacial score (nSPS) is 14.8. The molecule has 1 fully saturated rings. The molecule has 178 valence electrons. The Labute approximate surface area is 197 Å². The maximum absolute atomic E-state index is 13.4. The molecule has 2 amide bonds. The van der Waals surface area contributed by atoms with Crippen molar-refractivity contribution in [1.29, 1.82) is 0 Å². The zero-order valence-electron chi connectivity index (χ0n) is 19.3. The Morgan fingerprint density at radius 2 is 1.68 bits per heavy atom. The first-order chi connectivity index (χ1) is 16.5. The highest BCUT2D eigenvalue weighted by Gasteiger charge is 2.43. The number of hydrazine groups is 1. The number of nitrogens with zero attached hydrogens (tertiary/aromatic N) is 2. The summed E-state index contributed by atoms with van der Waals surface area (Å²) in [5.74, 6) is -1.30. The highest BCUT2D eigenvalue weighted by Crippen LogP contribution is 2.41. The molecule has 0 atom stereocenters. The van der Waals surface area contributed by atoms with E-state index in [1.54, 1.807) is 36.4 Å². The van der Waals surface area contributed by atoms with Crippen molar-refractivity contribution in [3.8, 4) is 0 Å². The molecule has 7 nitrogen and oxygen atoms in total. The Balaban J connectivity index is 1.58. The average molecular weight is 465 g/mol. The topological polar surface area (TPSA) is 93.1 Å². The molecule has 1 aliphatic carbocycles. The molecule has 0 aliphatic heterocycles. The molecule has 3 aromatic rings. The van der Waals surface area contributed by atoms with Gasteiger partial charge in [-0.2, -0.15) is 5.10 Å². The van der Waals surface area contributed by atoms with Crippen LogP contribution in [0.25, 0.3) is 10.8 Å². The van der Waals surface area contributed by atoms with Gasteiger partial charge < -0.3 is 0 Å². The highest BCUT2D eigenvalue weighted by molar-refractivity contribution is 6.05. The molecule has 2 aromatic carbocycles. The standard InChI is InChI=1S/C26H29FN4O3/c1-2-3-8-17-31-24(33)21-10-5-4-9-20(21)22(30-31)23(32)28-29-25(34)26(15-6-7-16-26)18-11-13-19(27)14-12-18/h4-5,9-14H,2-3,6-8,15-17H2,1H3,(H,28,32)(H,29,34). The number of halogens is 1. The summed E-state index contributed by atoms with van der Waals surface area (Å²) in [6, 6.07) is 12.8. The van der Waals surface area contributed by atoms with E-state index < -0.39 is 11.3 Å². The quantitative estimate of drug-likeness (QED) is 0.408. The van der Waals surface area contributed by atoms with E-state index in [0.717, 1.165) is 37.7 Å². The van der Waals surface area contributed by atoms with Gasteiger partial charge in [0.1, 0.15) is 5.82 Å². The molecule has 2 N–H and O–H groups in total. The summed E-state index contributed by atoms with van der Waals surface area (Å²) in [6.07, 6.45) is 5.69. The monoisotopic (exact) mass is 464 g/mol. The van der Waals surface area contributed by atoms with Gasteiger partial charge >= 0.3 is 0 Å². The van der Waals surface area contributed by atoms with E-state index in [0.29, 0.717) is 30.2 Å². The van der Waals surface area contributed by atoms with Crippen LogP contribution in [0, 0.1) is 5.82 Å². The van der Waals surface area contributed by atoms with E-state index in [4.69, 9.17) is 0 Å². The zero-order valence-corrected chi connectivity index (χ0v) is 19.3. The van der Waals surface area contributed by atoms with Crippen LogP contribution in [-0.2, 0) is 16.8 Å². The van der Waals surface area contributed by atoms with Crippen LogP contribution in [0.4, 0.5) is 4.39 Å². The van der Waals surface area contributed by atoms with Crippen molar-refractivity contribution in [3.63, 3.8) is 0 Å². The molecule has 34 heavy (non-hydrogen) atoms. The Kier molecular flexibility index (Phi) is 7.05. The molecule has 0 bridgehead atoms. The number of amides is 2. The van der Waals surface area contributed by atoms with E-state index in [-0.39, 0.29) is 23.0 Å². The number of rotatable bonds is 7. The number of aryl methyl sites for hydroxylation is 1. The lowest BCUT2D eigenvalue weighted by Gasteiger charge is -2.28. The molecule has 8 heteroatoms. The number of hydrogen-bond donors (Lipinski definition) is 2. The van der Waals surface area contributed by atoms with E-state index >= 15 is 0 Å². The summed E-state index contributed by atoms with van der Waals surface area (Å²) < 4.78 is 14.8. The molecule has 0 saturated heterocycles. The first-order valence-electron chi connectivity index (χ1n) is 11.8. The van der Waals surface area contributed by atoms with Gasteiger partial charge in [-0.15, -0.1) is 0 Å². The van der Waals surface area contributed by atoms with Crippen molar-refractivity contribution in [2.45, 2.75) is 63.8 Å². The number of nitrogens with one attached hydrogen (secondary N) is 2. The minimum Gasteiger partial charge on any atom is -0.272 e. The van der Waals surface area contributed by atoms with Crippen LogP contribution >= 0.6 is 0 Å². The lowest BCUT2D eigenvalue weighted by Crippen LogP contribution is -2.51. The van der Waals surface area contributed by atoms with E-state index in [2.05, 4.69) is 22.9 Å².